The minimum absolute atomic E-state index is 0.0946. The number of amides is 2. The van der Waals surface area contributed by atoms with E-state index in [4.69, 9.17) is 21.7 Å². The van der Waals surface area contributed by atoms with Crippen molar-refractivity contribution >= 4 is 46.2 Å². The van der Waals surface area contributed by atoms with Gasteiger partial charge in [0.15, 0.2) is 0 Å². The van der Waals surface area contributed by atoms with E-state index in [1.807, 2.05) is 31.2 Å². The molecule has 0 unspecified atom stereocenters. The molecule has 2 amide bonds. The van der Waals surface area contributed by atoms with Crippen molar-refractivity contribution in [3.05, 3.63) is 34.7 Å². The number of morpholine rings is 1. The molecule has 7 nitrogen and oxygen atoms in total. The number of thioether (sulfide) groups is 1. The molecule has 2 saturated heterocycles. The fraction of sp³-hybridized carbons (Fsp3) is 0.389. The molecule has 1 N–H and O–H groups in total. The van der Waals surface area contributed by atoms with Crippen molar-refractivity contribution in [3.8, 4) is 5.75 Å². The molecule has 0 aliphatic carbocycles. The molecule has 0 bridgehead atoms. The van der Waals surface area contributed by atoms with Gasteiger partial charge in [-0.05, 0) is 30.7 Å². The van der Waals surface area contributed by atoms with Gasteiger partial charge >= 0.3 is 0 Å². The largest absolute Gasteiger partial charge is 0.494 e. The average molecular weight is 408 g/mol. The lowest BCUT2D eigenvalue weighted by atomic mass is 10.2. The molecule has 0 aromatic heterocycles. The summed E-state index contributed by atoms with van der Waals surface area (Å²) in [6.45, 7) is 4.84. The molecule has 2 heterocycles. The Labute approximate surface area is 167 Å². The maximum atomic E-state index is 12.6. The third-order valence-corrected chi connectivity index (χ3v) is 5.34. The number of hydrogen-bond acceptors (Lipinski definition) is 7. The van der Waals surface area contributed by atoms with Gasteiger partial charge in [-0.3, -0.25) is 19.9 Å². The highest BCUT2D eigenvalue weighted by molar-refractivity contribution is 8.26. The summed E-state index contributed by atoms with van der Waals surface area (Å²) in [5.74, 6) is 0.258. The third kappa shape index (κ3) is 5.29. The minimum atomic E-state index is -0.268. The molecular formula is C18H21N3O4S2. The Morgan fingerprint density at radius 2 is 2.04 bits per heavy atom. The Morgan fingerprint density at radius 3 is 2.70 bits per heavy atom. The van der Waals surface area contributed by atoms with Crippen molar-refractivity contribution < 1.29 is 19.1 Å². The van der Waals surface area contributed by atoms with Crippen LogP contribution in [-0.4, -0.2) is 65.5 Å². The van der Waals surface area contributed by atoms with Crippen molar-refractivity contribution in [2.75, 3.05) is 39.5 Å². The van der Waals surface area contributed by atoms with Crippen LogP contribution in [0.5, 0.6) is 5.75 Å². The van der Waals surface area contributed by atoms with Gasteiger partial charge < -0.3 is 9.47 Å². The fourth-order valence-corrected chi connectivity index (χ4v) is 3.90. The second kappa shape index (κ2) is 9.32. The van der Waals surface area contributed by atoms with Gasteiger partial charge in [-0.25, -0.2) is 5.01 Å². The van der Waals surface area contributed by atoms with Crippen LogP contribution in [0.3, 0.4) is 0 Å². The molecule has 2 aliphatic heterocycles. The topological polar surface area (TPSA) is 71.1 Å². The number of ether oxygens (including phenoxy) is 2. The second-order valence-corrected chi connectivity index (χ2v) is 7.58. The second-order valence-electron chi connectivity index (χ2n) is 5.90. The predicted octanol–water partition coefficient (Wildman–Crippen LogP) is 1.65. The van der Waals surface area contributed by atoms with Gasteiger partial charge in [-0.15, -0.1) is 0 Å². The Bertz CT molecular complexity index is 745. The lowest BCUT2D eigenvalue weighted by molar-refractivity contribution is -0.132. The van der Waals surface area contributed by atoms with E-state index in [1.54, 1.807) is 11.1 Å². The molecule has 27 heavy (non-hydrogen) atoms. The Balaban J connectivity index is 1.61. The van der Waals surface area contributed by atoms with Crippen molar-refractivity contribution in [1.29, 1.82) is 0 Å². The van der Waals surface area contributed by atoms with Crippen LogP contribution in [0.15, 0.2) is 29.2 Å². The maximum absolute atomic E-state index is 12.6. The van der Waals surface area contributed by atoms with Gasteiger partial charge in [0.25, 0.3) is 11.8 Å². The standard InChI is InChI=1S/C18H21N3O4S2/c1-2-25-14-5-3-13(4-6-14)11-15-17(23)21(18(26)27-15)12-16(22)19-20-7-9-24-10-8-20/h3-6,11H,2,7-10,12H2,1H3,(H,19,22). The van der Waals surface area contributed by atoms with Crippen LogP contribution in [0.25, 0.3) is 6.08 Å². The number of rotatable bonds is 6. The Hall–Kier alpha value is -1.94. The van der Waals surface area contributed by atoms with Gasteiger partial charge in [0, 0.05) is 13.1 Å². The zero-order valence-electron chi connectivity index (χ0n) is 15.0. The molecule has 0 radical (unpaired) electrons. The van der Waals surface area contributed by atoms with Crippen LogP contribution in [0.2, 0.25) is 0 Å². The van der Waals surface area contributed by atoms with Crippen LogP contribution in [0, 0.1) is 0 Å². The Kier molecular flexibility index (Phi) is 6.84. The summed E-state index contributed by atoms with van der Waals surface area (Å²) in [5.41, 5.74) is 3.66. The first-order chi connectivity index (χ1) is 13.1. The maximum Gasteiger partial charge on any atom is 0.266 e. The van der Waals surface area contributed by atoms with E-state index in [0.717, 1.165) is 11.3 Å². The van der Waals surface area contributed by atoms with E-state index in [0.29, 0.717) is 42.1 Å². The molecule has 0 spiro atoms. The monoisotopic (exact) mass is 407 g/mol. The van der Waals surface area contributed by atoms with E-state index in [1.165, 1.54) is 16.7 Å². The van der Waals surface area contributed by atoms with E-state index in [2.05, 4.69) is 5.43 Å². The van der Waals surface area contributed by atoms with Crippen LogP contribution in [-0.2, 0) is 14.3 Å². The predicted molar refractivity (Wildman–Crippen MR) is 108 cm³/mol. The number of nitrogens with one attached hydrogen (secondary N) is 1. The molecule has 2 aliphatic rings. The zero-order chi connectivity index (χ0) is 19.2. The summed E-state index contributed by atoms with van der Waals surface area (Å²) in [6.07, 6.45) is 1.77. The number of hydrogen-bond donors (Lipinski definition) is 1. The molecule has 0 saturated carbocycles. The highest BCUT2D eigenvalue weighted by Crippen LogP contribution is 2.32. The smallest absolute Gasteiger partial charge is 0.266 e. The van der Waals surface area contributed by atoms with Crippen LogP contribution >= 0.6 is 24.0 Å². The molecule has 144 valence electrons. The minimum Gasteiger partial charge on any atom is -0.494 e. The summed E-state index contributed by atoms with van der Waals surface area (Å²) in [6, 6.07) is 7.46. The SMILES string of the molecule is CCOc1ccc(C=C2SC(=S)N(CC(=O)NN3CCOCC3)C2=O)cc1. The number of benzene rings is 1. The molecule has 9 heteroatoms. The van der Waals surface area contributed by atoms with Crippen LogP contribution in [0.4, 0.5) is 0 Å². The van der Waals surface area contributed by atoms with E-state index < -0.39 is 0 Å². The van der Waals surface area contributed by atoms with Gasteiger partial charge in [-0.2, -0.15) is 0 Å². The normalized spacial score (nSPS) is 19.6. The molecule has 2 fully saturated rings. The summed E-state index contributed by atoms with van der Waals surface area (Å²) in [4.78, 5) is 26.7. The third-order valence-electron chi connectivity index (χ3n) is 3.96. The first kappa shape index (κ1) is 19.8. The molecule has 0 atom stereocenters. The van der Waals surface area contributed by atoms with E-state index in [9.17, 15) is 9.59 Å². The zero-order valence-corrected chi connectivity index (χ0v) is 16.6. The number of carbonyl (C=O) groups is 2. The van der Waals surface area contributed by atoms with E-state index >= 15 is 0 Å². The van der Waals surface area contributed by atoms with Gasteiger partial charge in [0.1, 0.15) is 16.6 Å². The summed E-state index contributed by atoms with van der Waals surface area (Å²) in [5, 5.41) is 1.79. The van der Waals surface area contributed by atoms with Gasteiger partial charge in [-0.1, -0.05) is 36.1 Å². The number of carbonyl (C=O) groups excluding carboxylic acids is 2. The Morgan fingerprint density at radius 1 is 1.33 bits per heavy atom. The van der Waals surface area contributed by atoms with Crippen molar-refractivity contribution in [1.82, 2.24) is 15.3 Å². The van der Waals surface area contributed by atoms with Crippen molar-refractivity contribution in [2.24, 2.45) is 0 Å². The lowest BCUT2D eigenvalue weighted by Gasteiger charge is -2.27. The first-order valence-corrected chi connectivity index (χ1v) is 9.89. The van der Waals surface area contributed by atoms with Gasteiger partial charge in [0.2, 0.25) is 0 Å². The summed E-state index contributed by atoms with van der Waals surface area (Å²) in [7, 11) is 0. The van der Waals surface area contributed by atoms with Crippen molar-refractivity contribution in [2.45, 2.75) is 6.92 Å². The van der Waals surface area contributed by atoms with Gasteiger partial charge in [0.05, 0.1) is 24.7 Å². The highest BCUT2D eigenvalue weighted by atomic mass is 32.2. The number of nitrogens with zero attached hydrogens (tertiary/aromatic N) is 2. The molecule has 1 aromatic carbocycles. The quantitative estimate of drug-likeness (QED) is 0.568. The lowest BCUT2D eigenvalue weighted by Crippen LogP contribution is -2.51. The summed E-state index contributed by atoms with van der Waals surface area (Å²) < 4.78 is 11.0. The fourth-order valence-electron chi connectivity index (χ4n) is 2.65. The average Bonchev–Trinajstić information content (AvgIpc) is 2.92. The molecule has 1 aromatic rings. The molecule has 3 rings (SSSR count). The number of thiocarbonyl (C=S) groups is 1. The van der Waals surface area contributed by atoms with Crippen LogP contribution in [0.1, 0.15) is 12.5 Å². The van der Waals surface area contributed by atoms with Crippen molar-refractivity contribution in [3.63, 3.8) is 0 Å². The first-order valence-electron chi connectivity index (χ1n) is 8.67. The van der Waals surface area contributed by atoms with Crippen LogP contribution < -0.4 is 10.2 Å². The molecular weight excluding hydrogens is 386 g/mol. The summed E-state index contributed by atoms with van der Waals surface area (Å²) >= 11 is 6.49. The highest BCUT2D eigenvalue weighted by Gasteiger charge is 2.33. The van der Waals surface area contributed by atoms with E-state index in [-0.39, 0.29) is 18.4 Å². The number of hydrazine groups is 1.